The first kappa shape index (κ1) is 18.0. The van der Waals surface area contributed by atoms with E-state index in [0.29, 0.717) is 5.69 Å². The molecule has 0 unspecified atom stereocenters. The number of halogens is 1. The van der Waals surface area contributed by atoms with Crippen LogP contribution in [-0.2, 0) is 0 Å². The van der Waals surface area contributed by atoms with Crippen molar-refractivity contribution in [2.45, 2.75) is 31.4 Å². The maximum atomic E-state index is 13.8. The summed E-state index contributed by atoms with van der Waals surface area (Å²) in [6, 6.07) is 13.1. The Morgan fingerprint density at radius 3 is 2.71 bits per heavy atom. The van der Waals surface area contributed by atoms with Crippen molar-refractivity contribution in [3.8, 4) is 11.4 Å². The minimum atomic E-state index is -0.398. The van der Waals surface area contributed by atoms with E-state index in [1.165, 1.54) is 12.4 Å². The van der Waals surface area contributed by atoms with E-state index in [9.17, 15) is 9.18 Å². The fourth-order valence-electron chi connectivity index (χ4n) is 3.31. The molecule has 0 saturated heterocycles. The Labute approximate surface area is 161 Å². The molecule has 4 rings (SSSR count). The number of anilines is 1. The fraction of sp³-hybridized carbons (Fsp3) is 0.250. The quantitative estimate of drug-likeness (QED) is 0.708. The summed E-state index contributed by atoms with van der Waals surface area (Å²) in [5.74, 6) is -0.185. The number of para-hydroxylation sites is 1. The SMILES string of the molecule is O=C(Nc1ccc(-n2cncn2)cc1)N[C@H]1CCC[C@H]1Oc1ccccc1F. The average molecular weight is 381 g/mol. The third kappa shape index (κ3) is 4.11. The van der Waals surface area contributed by atoms with E-state index in [2.05, 4.69) is 20.7 Å². The number of hydrogen-bond acceptors (Lipinski definition) is 4. The molecule has 1 aromatic heterocycles. The molecule has 2 N–H and O–H groups in total. The number of rotatable bonds is 5. The number of nitrogens with zero attached hydrogens (tertiary/aromatic N) is 3. The van der Waals surface area contributed by atoms with Crippen LogP contribution in [-0.4, -0.2) is 32.9 Å². The fourth-order valence-corrected chi connectivity index (χ4v) is 3.31. The van der Waals surface area contributed by atoms with E-state index < -0.39 is 5.82 Å². The second-order valence-electron chi connectivity index (χ2n) is 6.61. The van der Waals surface area contributed by atoms with Crippen molar-refractivity contribution >= 4 is 11.7 Å². The largest absolute Gasteiger partial charge is 0.485 e. The van der Waals surface area contributed by atoms with Crippen molar-refractivity contribution in [2.24, 2.45) is 0 Å². The normalized spacial score (nSPS) is 18.6. The molecule has 2 atom stereocenters. The Morgan fingerprint density at radius 1 is 1.14 bits per heavy atom. The van der Waals surface area contributed by atoms with Crippen LogP contribution in [0, 0.1) is 5.82 Å². The van der Waals surface area contributed by atoms with Gasteiger partial charge < -0.3 is 15.4 Å². The predicted molar refractivity (Wildman–Crippen MR) is 102 cm³/mol. The topological polar surface area (TPSA) is 81.1 Å². The lowest BCUT2D eigenvalue weighted by Gasteiger charge is -2.22. The van der Waals surface area contributed by atoms with E-state index in [4.69, 9.17) is 4.74 Å². The van der Waals surface area contributed by atoms with Crippen molar-refractivity contribution in [3.63, 3.8) is 0 Å². The Kier molecular flexibility index (Phi) is 5.18. The molecular formula is C20H20FN5O2. The van der Waals surface area contributed by atoms with E-state index >= 15 is 0 Å². The zero-order valence-corrected chi connectivity index (χ0v) is 15.1. The lowest BCUT2D eigenvalue weighted by molar-refractivity contribution is 0.168. The Morgan fingerprint density at radius 2 is 1.96 bits per heavy atom. The summed E-state index contributed by atoms with van der Waals surface area (Å²) in [4.78, 5) is 16.3. The van der Waals surface area contributed by atoms with E-state index in [1.807, 2.05) is 12.1 Å². The van der Waals surface area contributed by atoms with Gasteiger partial charge in [0.25, 0.3) is 0 Å². The maximum Gasteiger partial charge on any atom is 0.319 e. The second-order valence-corrected chi connectivity index (χ2v) is 6.61. The summed E-state index contributed by atoms with van der Waals surface area (Å²) in [7, 11) is 0. The van der Waals surface area contributed by atoms with Crippen LogP contribution in [0.4, 0.5) is 14.9 Å². The molecule has 2 amide bonds. The van der Waals surface area contributed by atoms with Crippen molar-refractivity contribution in [1.82, 2.24) is 20.1 Å². The lowest BCUT2D eigenvalue weighted by Crippen LogP contribution is -2.44. The van der Waals surface area contributed by atoms with Crippen molar-refractivity contribution in [1.29, 1.82) is 0 Å². The van der Waals surface area contributed by atoms with Gasteiger partial charge in [-0.1, -0.05) is 12.1 Å². The molecule has 1 saturated carbocycles. The van der Waals surface area contributed by atoms with Gasteiger partial charge in [0.15, 0.2) is 11.6 Å². The molecular weight excluding hydrogens is 361 g/mol. The number of hydrogen-bond donors (Lipinski definition) is 2. The zero-order valence-electron chi connectivity index (χ0n) is 15.1. The number of nitrogens with one attached hydrogen (secondary N) is 2. The minimum Gasteiger partial charge on any atom is -0.485 e. The number of benzene rings is 2. The van der Waals surface area contributed by atoms with Gasteiger partial charge in [-0.2, -0.15) is 5.10 Å². The first-order valence-corrected chi connectivity index (χ1v) is 9.13. The monoisotopic (exact) mass is 381 g/mol. The Bertz CT molecular complexity index is 930. The molecule has 3 aromatic rings. The van der Waals surface area contributed by atoms with Gasteiger partial charge in [-0.25, -0.2) is 18.9 Å². The molecule has 28 heavy (non-hydrogen) atoms. The van der Waals surface area contributed by atoms with Crippen molar-refractivity contribution in [2.75, 3.05) is 5.32 Å². The highest BCUT2D eigenvalue weighted by Crippen LogP contribution is 2.26. The number of amides is 2. The predicted octanol–water partition coefficient (Wildman–Crippen LogP) is 3.53. The van der Waals surface area contributed by atoms with Crippen LogP contribution in [0.1, 0.15) is 19.3 Å². The molecule has 0 spiro atoms. The zero-order chi connectivity index (χ0) is 19.3. The van der Waals surface area contributed by atoms with Crippen LogP contribution in [0.2, 0.25) is 0 Å². The van der Waals surface area contributed by atoms with Gasteiger partial charge in [0, 0.05) is 5.69 Å². The molecule has 144 valence electrons. The summed E-state index contributed by atoms with van der Waals surface area (Å²) in [5.41, 5.74) is 1.50. The van der Waals surface area contributed by atoms with Crippen LogP contribution in [0.15, 0.2) is 61.2 Å². The molecule has 0 bridgehead atoms. The smallest absolute Gasteiger partial charge is 0.319 e. The van der Waals surface area contributed by atoms with Gasteiger partial charge >= 0.3 is 6.03 Å². The number of carbonyl (C=O) groups is 1. The van der Waals surface area contributed by atoms with Crippen LogP contribution < -0.4 is 15.4 Å². The third-order valence-corrected chi connectivity index (χ3v) is 4.69. The van der Waals surface area contributed by atoms with Crippen LogP contribution >= 0.6 is 0 Å². The maximum absolute atomic E-state index is 13.8. The molecule has 0 aliphatic heterocycles. The van der Waals surface area contributed by atoms with Crippen LogP contribution in [0.25, 0.3) is 5.69 Å². The number of aromatic nitrogens is 3. The molecule has 1 fully saturated rings. The highest BCUT2D eigenvalue weighted by molar-refractivity contribution is 5.89. The van der Waals surface area contributed by atoms with Crippen LogP contribution in [0.5, 0.6) is 5.75 Å². The summed E-state index contributed by atoms with van der Waals surface area (Å²) < 4.78 is 21.2. The summed E-state index contributed by atoms with van der Waals surface area (Å²) in [6.45, 7) is 0. The van der Waals surface area contributed by atoms with Gasteiger partial charge in [-0.3, -0.25) is 0 Å². The third-order valence-electron chi connectivity index (χ3n) is 4.69. The molecule has 2 aromatic carbocycles. The highest BCUT2D eigenvalue weighted by Gasteiger charge is 2.31. The molecule has 1 heterocycles. The van der Waals surface area contributed by atoms with E-state index in [-0.39, 0.29) is 23.9 Å². The van der Waals surface area contributed by atoms with Gasteiger partial charge in [0.05, 0.1) is 11.7 Å². The van der Waals surface area contributed by atoms with Gasteiger partial charge in [-0.05, 0) is 55.7 Å². The average Bonchev–Trinajstić information content (AvgIpc) is 3.37. The molecule has 1 aliphatic carbocycles. The molecule has 7 nitrogen and oxygen atoms in total. The number of ether oxygens (including phenoxy) is 1. The first-order chi connectivity index (χ1) is 13.7. The van der Waals surface area contributed by atoms with Gasteiger partial charge in [0.1, 0.15) is 18.8 Å². The van der Waals surface area contributed by atoms with E-state index in [1.54, 1.807) is 41.3 Å². The van der Waals surface area contributed by atoms with Crippen LogP contribution in [0.3, 0.4) is 0 Å². The van der Waals surface area contributed by atoms with E-state index in [0.717, 1.165) is 24.9 Å². The molecule has 1 aliphatic rings. The molecule has 8 heteroatoms. The Balaban J connectivity index is 1.34. The summed E-state index contributed by atoms with van der Waals surface area (Å²) in [6.07, 6.45) is 5.28. The summed E-state index contributed by atoms with van der Waals surface area (Å²) >= 11 is 0. The van der Waals surface area contributed by atoms with Crippen molar-refractivity contribution in [3.05, 3.63) is 67.0 Å². The molecule has 0 radical (unpaired) electrons. The van der Waals surface area contributed by atoms with Gasteiger partial charge in [-0.15, -0.1) is 0 Å². The first-order valence-electron chi connectivity index (χ1n) is 9.13. The second kappa shape index (κ2) is 8.08. The number of carbonyl (C=O) groups excluding carboxylic acids is 1. The minimum absolute atomic E-state index is 0.172. The number of urea groups is 1. The van der Waals surface area contributed by atoms with Crippen molar-refractivity contribution < 1.29 is 13.9 Å². The van der Waals surface area contributed by atoms with Gasteiger partial charge in [0.2, 0.25) is 0 Å². The standard InChI is InChI=1S/C20H20FN5O2/c21-16-4-1-2-6-18(16)28-19-7-3-5-17(19)25-20(27)24-14-8-10-15(11-9-14)26-13-22-12-23-26/h1-2,4,6,8-13,17,19H,3,5,7H2,(H2,24,25,27)/t17-,19+/m0/s1. The highest BCUT2D eigenvalue weighted by atomic mass is 19.1. The Hall–Kier alpha value is -3.42. The summed E-state index contributed by atoms with van der Waals surface area (Å²) in [5, 5.41) is 9.81. The lowest BCUT2D eigenvalue weighted by atomic mass is 10.2.